The number of thiazole rings is 1. The third-order valence-corrected chi connectivity index (χ3v) is 6.14. The fourth-order valence-corrected chi connectivity index (χ4v) is 4.54. The van der Waals surface area contributed by atoms with E-state index in [1.165, 1.54) is 16.9 Å². The molecule has 160 valence electrons. The van der Waals surface area contributed by atoms with Gasteiger partial charge in [-0.3, -0.25) is 4.57 Å². The number of benzene rings is 2. The number of aliphatic hydroxyl groups excluding tert-OH is 1. The summed E-state index contributed by atoms with van der Waals surface area (Å²) in [6.45, 7) is 2.26. The zero-order chi connectivity index (χ0) is 21.8. The van der Waals surface area contributed by atoms with Crippen molar-refractivity contribution >= 4 is 39.9 Å². The Morgan fingerprint density at radius 2 is 2.10 bits per heavy atom. The van der Waals surface area contributed by atoms with Crippen LogP contribution in [0.5, 0.6) is 0 Å². The van der Waals surface area contributed by atoms with Crippen LogP contribution >= 0.6 is 22.9 Å². The molecule has 0 unspecified atom stereocenters. The van der Waals surface area contributed by atoms with E-state index in [4.69, 9.17) is 26.4 Å². The molecule has 0 amide bonds. The molecule has 31 heavy (non-hydrogen) atoms. The molecule has 1 N–H and O–H groups in total. The van der Waals surface area contributed by atoms with Crippen LogP contribution in [-0.4, -0.2) is 38.8 Å². The zero-order valence-electron chi connectivity index (χ0n) is 17.0. The minimum atomic E-state index is -0.407. The number of nitrogens with zero attached hydrogens (tertiary/aromatic N) is 3. The largest absolute Gasteiger partial charge is 0.462 e. The van der Waals surface area contributed by atoms with Crippen molar-refractivity contribution in [3.05, 3.63) is 64.3 Å². The van der Waals surface area contributed by atoms with Gasteiger partial charge in [0.05, 0.1) is 23.3 Å². The number of aliphatic hydroxyl groups is 1. The molecule has 0 atom stereocenters. The van der Waals surface area contributed by atoms with E-state index in [9.17, 15) is 4.79 Å². The lowest BCUT2D eigenvalue weighted by atomic mass is 10.1. The Morgan fingerprint density at radius 1 is 1.23 bits per heavy atom. The molecule has 0 aliphatic carbocycles. The molecular formula is C23H22ClN3O3S. The molecule has 0 saturated heterocycles. The highest BCUT2D eigenvalue weighted by Crippen LogP contribution is 2.33. The number of halogens is 1. The maximum absolute atomic E-state index is 12.6. The predicted molar refractivity (Wildman–Crippen MR) is 123 cm³/mol. The number of hydrogen-bond donors (Lipinski definition) is 1. The maximum Gasteiger partial charge on any atom is 0.350 e. The molecule has 0 spiro atoms. The first-order valence-corrected chi connectivity index (χ1v) is 11.3. The molecule has 0 fully saturated rings. The highest BCUT2D eigenvalue weighted by molar-refractivity contribution is 7.16. The first-order valence-electron chi connectivity index (χ1n) is 10.1. The van der Waals surface area contributed by atoms with Crippen molar-refractivity contribution in [3.8, 4) is 16.4 Å². The molecule has 0 radical (unpaired) electrons. The molecule has 2 heterocycles. The molecule has 6 nitrogen and oxygen atoms in total. The lowest BCUT2D eigenvalue weighted by Crippen LogP contribution is -2.03. The zero-order valence-corrected chi connectivity index (χ0v) is 18.6. The SMILES string of the molecule is CCOC(=O)c1sc(-n2cnc3ccc(CCCCO)cc32)nc1-c1cccc(Cl)c1. The van der Waals surface area contributed by atoms with Crippen molar-refractivity contribution in [1.82, 2.24) is 14.5 Å². The van der Waals surface area contributed by atoms with Crippen LogP contribution in [0, 0.1) is 0 Å². The van der Waals surface area contributed by atoms with Gasteiger partial charge in [-0.2, -0.15) is 0 Å². The molecule has 0 aliphatic rings. The number of carbonyl (C=O) groups is 1. The minimum Gasteiger partial charge on any atom is -0.462 e. The number of ether oxygens (including phenoxy) is 1. The van der Waals surface area contributed by atoms with Gasteiger partial charge in [0.1, 0.15) is 11.2 Å². The van der Waals surface area contributed by atoms with Crippen LogP contribution in [0.3, 0.4) is 0 Å². The summed E-state index contributed by atoms with van der Waals surface area (Å²) in [5.74, 6) is -0.407. The van der Waals surface area contributed by atoms with Crippen LogP contribution in [0.1, 0.15) is 35.0 Å². The lowest BCUT2D eigenvalue weighted by Gasteiger charge is -2.03. The van der Waals surface area contributed by atoms with E-state index >= 15 is 0 Å². The van der Waals surface area contributed by atoms with Crippen molar-refractivity contribution in [2.45, 2.75) is 26.2 Å². The standard InChI is InChI=1S/C23H22ClN3O3S/c1-2-30-22(29)21-20(16-7-5-8-17(24)13-16)26-23(31-21)27-14-25-18-10-9-15(12-19(18)27)6-3-4-11-28/h5,7-10,12-14,28H,2-4,6,11H2,1H3. The highest BCUT2D eigenvalue weighted by atomic mass is 35.5. The normalized spacial score (nSPS) is 11.2. The number of aromatic nitrogens is 3. The van der Waals surface area contributed by atoms with Gasteiger partial charge < -0.3 is 9.84 Å². The number of unbranched alkanes of at least 4 members (excludes halogenated alkanes) is 1. The fourth-order valence-electron chi connectivity index (χ4n) is 3.38. The second kappa shape index (κ2) is 9.60. The van der Waals surface area contributed by atoms with Gasteiger partial charge in [0, 0.05) is 17.2 Å². The molecule has 4 rings (SSSR count). The Hall–Kier alpha value is -2.74. The van der Waals surface area contributed by atoms with Crippen LogP contribution in [0.4, 0.5) is 0 Å². The number of rotatable bonds is 8. The number of imidazole rings is 1. The number of hydrogen-bond acceptors (Lipinski definition) is 6. The first kappa shape index (κ1) is 21.5. The monoisotopic (exact) mass is 455 g/mol. The second-order valence-corrected chi connectivity index (χ2v) is 8.44. The summed E-state index contributed by atoms with van der Waals surface area (Å²) in [6.07, 6.45) is 4.29. The fraction of sp³-hybridized carbons (Fsp3) is 0.261. The van der Waals surface area contributed by atoms with Crippen molar-refractivity contribution in [2.75, 3.05) is 13.2 Å². The van der Waals surface area contributed by atoms with E-state index < -0.39 is 5.97 Å². The van der Waals surface area contributed by atoms with E-state index in [1.54, 1.807) is 25.4 Å². The molecule has 0 saturated carbocycles. The van der Waals surface area contributed by atoms with Crippen molar-refractivity contribution in [3.63, 3.8) is 0 Å². The van der Waals surface area contributed by atoms with Crippen LogP contribution in [0.2, 0.25) is 5.02 Å². The van der Waals surface area contributed by atoms with E-state index in [1.807, 2.05) is 22.8 Å². The van der Waals surface area contributed by atoms with Crippen molar-refractivity contribution in [1.29, 1.82) is 0 Å². The van der Waals surface area contributed by atoms with E-state index in [0.29, 0.717) is 20.7 Å². The van der Waals surface area contributed by atoms with Gasteiger partial charge in [-0.1, -0.05) is 41.1 Å². The van der Waals surface area contributed by atoms with Gasteiger partial charge >= 0.3 is 5.97 Å². The summed E-state index contributed by atoms with van der Waals surface area (Å²) < 4.78 is 7.16. The van der Waals surface area contributed by atoms with E-state index in [0.717, 1.165) is 35.9 Å². The number of aryl methyl sites for hydroxylation is 1. The third-order valence-electron chi connectivity index (χ3n) is 4.87. The topological polar surface area (TPSA) is 77.2 Å². The number of esters is 1. The molecule has 8 heteroatoms. The maximum atomic E-state index is 12.6. The number of fused-ring (bicyclic) bond motifs is 1. The van der Waals surface area contributed by atoms with Gasteiger partial charge in [-0.05, 0) is 56.0 Å². The van der Waals surface area contributed by atoms with Crippen LogP contribution in [0.15, 0.2) is 48.8 Å². The van der Waals surface area contributed by atoms with Crippen LogP contribution in [0.25, 0.3) is 27.4 Å². The smallest absolute Gasteiger partial charge is 0.350 e. The lowest BCUT2D eigenvalue weighted by molar-refractivity contribution is 0.0532. The summed E-state index contributed by atoms with van der Waals surface area (Å²) in [4.78, 5) is 22.3. The van der Waals surface area contributed by atoms with E-state index in [2.05, 4.69) is 17.1 Å². The Labute approximate surface area is 189 Å². The molecular weight excluding hydrogens is 434 g/mol. The first-order chi connectivity index (χ1) is 15.1. The van der Waals surface area contributed by atoms with Gasteiger partial charge in [0.2, 0.25) is 0 Å². The van der Waals surface area contributed by atoms with Crippen LogP contribution < -0.4 is 0 Å². The summed E-state index contributed by atoms with van der Waals surface area (Å²) >= 11 is 7.44. The summed E-state index contributed by atoms with van der Waals surface area (Å²) in [7, 11) is 0. The third kappa shape index (κ3) is 4.63. The van der Waals surface area contributed by atoms with Crippen molar-refractivity contribution in [2.24, 2.45) is 0 Å². The summed E-state index contributed by atoms with van der Waals surface area (Å²) in [5.41, 5.74) is 4.24. The average molecular weight is 456 g/mol. The molecule has 2 aromatic carbocycles. The quantitative estimate of drug-likeness (QED) is 0.288. The molecule has 4 aromatic rings. The molecule has 2 aromatic heterocycles. The number of carbonyl (C=O) groups excluding carboxylic acids is 1. The second-order valence-electron chi connectivity index (χ2n) is 7.02. The summed E-state index contributed by atoms with van der Waals surface area (Å²) in [5, 5.41) is 10.2. The van der Waals surface area contributed by atoms with Gasteiger partial charge in [-0.25, -0.2) is 14.8 Å². The summed E-state index contributed by atoms with van der Waals surface area (Å²) in [6, 6.07) is 13.4. The molecule has 0 aliphatic heterocycles. The van der Waals surface area contributed by atoms with Gasteiger partial charge in [0.15, 0.2) is 5.13 Å². The van der Waals surface area contributed by atoms with Crippen LogP contribution in [-0.2, 0) is 11.2 Å². The Morgan fingerprint density at radius 3 is 2.87 bits per heavy atom. The Balaban J connectivity index is 1.79. The Kier molecular flexibility index (Phi) is 6.65. The Bertz CT molecular complexity index is 1220. The predicted octanol–water partition coefficient (Wildman–Crippen LogP) is 5.29. The van der Waals surface area contributed by atoms with E-state index in [-0.39, 0.29) is 13.2 Å². The van der Waals surface area contributed by atoms with Gasteiger partial charge in [0.25, 0.3) is 0 Å². The minimum absolute atomic E-state index is 0.197. The average Bonchev–Trinajstić information content (AvgIpc) is 3.38. The van der Waals surface area contributed by atoms with Crippen molar-refractivity contribution < 1.29 is 14.6 Å². The van der Waals surface area contributed by atoms with Gasteiger partial charge in [-0.15, -0.1) is 0 Å². The molecule has 0 bridgehead atoms. The highest BCUT2D eigenvalue weighted by Gasteiger charge is 2.22.